The number of aliphatic carboxylic acids is 1. The van der Waals surface area contributed by atoms with E-state index in [4.69, 9.17) is 4.74 Å². The molecule has 0 aliphatic carbocycles. The fraction of sp³-hybridized carbons (Fsp3) is 0.227. The molecule has 0 radical (unpaired) electrons. The van der Waals surface area contributed by atoms with E-state index in [2.05, 4.69) is 26.6 Å². The van der Waals surface area contributed by atoms with Crippen LogP contribution in [0.1, 0.15) is 22.3 Å². The Morgan fingerprint density at radius 1 is 1.16 bits per heavy atom. The molecule has 0 saturated carbocycles. The van der Waals surface area contributed by atoms with Crippen molar-refractivity contribution in [2.24, 2.45) is 0 Å². The van der Waals surface area contributed by atoms with Gasteiger partial charge >= 0.3 is 5.97 Å². The molecule has 0 aliphatic rings. The number of hydrogen-bond acceptors (Lipinski definition) is 5. The van der Waals surface area contributed by atoms with Crippen LogP contribution in [0.2, 0.25) is 0 Å². The first-order valence-electron chi connectivity index (χ1n) is 9.30. The summed E-state index contributed by atoms with van der Waals surface area (Å²) in [4.78, 5) is 37.3. The van der Waals surface area contributed by atoms with Gasteiger partial charge in [0.2, 0.25) is 0 Å². The van der Waals surface area contributed by atoms with E-state index < -0.39 is 23.8 Å². The lowest BCUT2D eigenvalue weighted by atomic mass is 10.1. The van der Waals surface area contributed by atoms with Crippen LogP contribution in [0.5, 0.6) is 5.75 Å². The molecule has 31 heavy (non-hydrogen) atoms. The van der Waals surface area contributed by atoms with Gasteiger partial charge in [-0.1, -0.05) is 40.2 Å². The van der Waals surface area contributed by atoms with Gasteiger partial charge < -0.3 is 20.5 Å². The van der Waals surface area contributed by atoms with Crippen LogP contribution < -0.4 is 15.4 Å². The van der Waals surface area contributed by atoms with Crippen LogP contribution in [-0.4, -0.2) is 48.1 Å². The average Bonchev–Trinajstić information content (AvgIpc) is 2.77. The third-order valence-corrected chi connectivity index (χ3v) is 5.41. The fourth-order valence-electron chi connectivity index (χ4n) is 2.64. The summed E-state index contributed by atoms with van der Waals surface area (Å²) in [6, 6.07) is 12.6. The summed E-state index contributed by atoms with van der Waals surface area (Å²) >= 11 is 4.83. The second kappa shape index (κ2) is 12.2. The van der Waals surface area contributed by atoms with E-state index in [9.17, 15) is 19.5 Å². The zero-order valence-corrected chi connectivity index (χ0v) is 19.5. The number of carboxylic acids is 1. The van der Waals surface area contributed by atoms with Gasteiger partial charge in [-0.15, -0.1) is 0 Å². The smallest absolute Gasteiger partial charge is 0.326 e. The molecule has 3 N–H and O–H groups in total. The number of rotatable bonds is 10. The quantitative estimate of drug-likeness (QED) is 0.425. The molecule has 0 aromatic heterocycles. The molecule has 0 unspecified atom stereocenters. The number of thioether (sulfide) groups is 1. The molecular weight excluding hydrogens is 484 g/mol. The highest BCUT2D eigenvalue weighted by atomic mass is 79.9. The summed E-state index contributed by atoms with van der Waals surface area (Å²) in [6.45, 7) is 0. The Morgan fingerprint density at radius 3 is 2.45 bits per heavy atom. The van der Waals surface area contributed by atoms with Crippen LogP contribution in [0.15, 0.2) is 58.7 Å². The summed E-state index contributed by atoms with van der Waals surface area (Å²) in [5.74, 6) is -1.46. The topological polar surface area (TPSA) is 105 Å². The monoisotopic (exact) mass is 506 g/mol. The van der Waals surface area contributed by atoms with E-state index >= 15 is 0 Å². The summed E-state index contributed by atoms with van der Waals surface area (Å²) in [6.07, 6.45) is 3.60. The van der Waals surface area contributed by atoms with Gasteiger partial charge in [0.05, 0.1) is 12.7 Å². The molecule has 0 saturated heterocycles. The van der Waals surface area contributed by atoms with Crippen molar-refractivity contribution >= 4 is 51.6 Å². The van der Waals surface area contributed by atoms with Gasteiger partial charge in [0, 0.05) is 4.47 Å². The van der Waals surface area contributed by atoms with E-state index in [0.717, 1.165) is 4.47 Å². The minimum atomic E-state index is -1.14. The summed E-state index contributed by atoms with van der Waals surface area (Å²) in [5, 5.41) is 14.5. The minimum Gasteiger partial charge on any atom is -0.496 e. The normalized spacial score (nSPS) is 12.0. The highest BCUT2D eigenvalue weighted by Crippen LogP contribution is 2.18. The van der Waals surface area contributed by atoms with E-state index in [1.54, 1.807) is 48.5 Å². The highest BCUT2D eigenvalue weighted by Gasteiger charge is 2.23. The van der Waals surface area contributed by atoms with Crippen LogP contribution in [-0.2, 0) is 9.59 Å². The number of methoxy groups -OCH3 is 1. The lowest BCUT2D eigenvalue weighted by Crippen LogP contribution is -2.44. The van der Waals surface area contributed by atoms with Crippen molar-refractivity contribution in [3.05, 3.63) is 69.8 Å². The molecule has 0 bridgehead atoms. The maximum Gasteiger partial charge on any atom is 0.326 e. The Kier molecular flexibility index (Phi) is 9.61. The maximum absolute atomic E-state index is 12.9. The third-order valence-electron chi connectivity index (χ3n) is 4.24. The van der Waals surface area contributed by atoms with Crippen LogP contribution in [0, 0.1) is 0 Å². The summed E-state index contributed by atoms with van der Waals surface area (Å²) in [5.41, 5.74) is 0.829. The number of benzene rings is 2. The molecule has 1 atom stereocenters. The summed E-state index contributed by atoms with van der Waals surface area (Å²) in [7, 11) is 1.45. The molecule has 9 heteroatoms. The van der Waals surface area contributed by atoms with Crippen LogP contribution in [0.25, 0.3) is 6.08 Å². The molecule has 0 fully saturated rings. The van der Waals surface area contributed by atoms with Gasteiger partial charge in [0.15, 0.2) is 0 Å². The fourth-order valence-corrected chi connectivity index (χ4v) is 3.37. The van der Waals surface area contributed by atoms with E-state index in [0.29, 0.717) is 17.1 Å². The standard InChI is InChI=1S/C22H23BrN2O5S/c1-30-19-6-4-3-5-16(19)20(26)25-18(13-14-7-9-15(23)10-8-14)21(27)24-17(22(28)29)11-12-31-2/h3-10,13,17H,11-12H2,1-2H3,(H,24,27)(H,25,26)(H,28,29)/b18-13+/t17-/m0/s1. The van der Waals surface area contributed by atoms with Gasteiger partial charge in [0.25, 0.3) is 11.8 Å². The van der Waals surface area contributed by atoms with E-state index in [1.807, 2.05) is 6.26 Å². The number of ether oxygens (including phenoxy) is 1. The molecule has 164 valence electrons. The lowest BCUT2D eigenvalue weighted by Gasteiger charge is -2.17. The number of para-hydroxylation sites is 1. The number of hydrogen-bond donors (Lipinski definition) is 3. The van der Waals surface area contributed by atoms with Crippen molar-refractivity contribution in [2.45, 2.75) is 12.5 Å². The first-order chi connectivity index (χ1) is 14.8. The molecule has 2 aromatic carbocycles. The van der Waals surface area contributed by atoms with Crippen molar-refractivity contribution in [3.63, 3.8) is 0 Å². The number of amides is 2. The molecule has 0 heterocycles. The second-order valence-corrected chi connectivity index (χ2v) is 8.31. The van der Waals surface area contributed by atoms with Crippen molar-refractivity contribution in [3.8, 4) is 5.75 Å². The SMILES string of the molecule is COc1ccccc1C(=O)N/C(=C/c1ccc(Br)cc1)C(=O)N[C@@H](CCSC)C(=O)O. The summed E-state index contributed by atoms with van der Waals surface area (Å²) < 4.78 is 6.07. The predicted molar refractivity (Wildman–Crippen MR) is 125 cm³/mol. The van der Waals surface area contributed by atoms with Gasteiger partial charge in [-0.2, -0.15) is 11.8 Å². The second-order valence-electron chi connectivity index (χ2n) is 6.41. The number of carboxylic acid groups (broad SMARTS) is 1. The number of nitrogens with one attached hydrogen (secondary N) is 2. The van der Waals surface area contributed by atoms with Gasteiger partial charge in [0.1, 0.15) is 17.5 Å². The van der Waals surface area contributed by atoms with Crippen molar-refractivity contribution in [2.75, 3.05) is 19.1 Å². The third kappa shape index (κ3) is 7.45. The van der Waals surface area contributed by atoms with E-state index in [1.165, 1.54) is 24.9 Å². The Hall–Kier alpha value is -2.78. The molecule has 2 aromatic rings. The Balaban J connectivity index is 2.33. The average molecular weight is 507 g/mol. The van der Waals surface area contributed by atoms with Crippen LogP contribution in [0.3, 0.4) is 0 Å². The van der Waals surface area contributed by atoms with Crippen LogP contribution in [0.4, 0.5) is 0 Å². The molecular formula is C22H23BrN2O5S. The van der Waals surface area contributed by atoms with Gasteiger partial charge in [-0.25, -0.2) is 4.79 Å². The lowest BCUT2D eigenvalue weighted by molar-refractivity contribution is -0.141. The first-order valence-corrected chi connectivity index (χ1v) is 11.5. The first kappa shape index (κ1) is 24.5. The maximum atomic E-state index is 12.9. The van der Waals surface area contributed by atoms with Gasteiger partial charge in [-0.3, -0.25) is 9.59 Å². The molecule has 0 aliphatic heterocycles. The minimum absolute atomic E-state index is 0.0753. The Labute approximate surface area is 193 Å². The van der Waals surface area contributed by atoms with Crippen molar-refractivity contribution < 1.29 is 24.2 Å². The predicted octanol–water partition coefficient (Wildman–Crippen LogP) is 3.55. The Morgan fingerprint density at radius 2 is 1.84 bits per heavy atom. The highest BCUT2D eigenvalue weighted by molar-refractivity contribution is 9.10. The van der Waals surface area contributed by atoms with E-state index in [-0.39, 0.29) is 17.7 Å². The number of halogens is 1. The van der Waals surface area contributed by atoms with Crippen molar-refractivity contribution in [1.82, 2.24) is 10.6 Å². The molecule has 0 spiro atoms. The number of carbonyl (C=O) groups excluding carboxylic acids is 2. The molecule has 7 nitrogen and oxygen atoms in total. The van der Waals surface area contributed by atoms with Gasteiger partial charge in [-0.05, 0) is 54.3 Å². The zero-order valence-electron chi connectivity index (χ0n) is 17.1. The number of carbonyl (C=O) groups is 3. The Bertz CT molecular complexity index is 963. The molecule has 2 amide bonds. The zero-order chi connectivity index (χ0) is 22.8. The molecule has 2 rings (SSSR count). The van der Waals surface area contributed by atoms with Crippen LogP contribution >= 0.6 is 27.7 Å². The van der Waals surface area contributed by atoms with Crippen molar-refractivity contribution in [1.29, 1.82) is 0 Å². The largest absolute Gasteiger partial charge is 0.496 e.